The maximum absolute atomic E-state index is 14.1. The number of hydrogen-bond acceptors (Lipinski definition) is 7. The lowest BCUT2D eigenvalue weighted by atomic mass is 9.55. The summed E-state index contributed by atoms with van der Waals surface area (Å²) in [6.07, 6.45) is 0. The van der Waals surface area contributed by atoms with Crippen LogP contribution in [-0.2, 0) is 14.3 Å². The topological polar surface area (TPSA) is 107 Å². The number of Topliss-reactive ketones (excluding diaryl/α,β-unsaturated/α-hetero) is 1. The first-order valence-electron chi connectivity index (χ1n) is 15.6. The highest BCUT2D eigenvalue weighted by atomic mass is 16.5. The Bertz CT molecular complexity index is 2020. The Morgan fingerprint density at radius 2 is 1.06 bits per heavy atom. The first kappa shape index (κ1) is 29.3. The predicted octanol–water partition coefficient (Wildman–Crippen LogP) is 6.34. The number of carbonyl (C=O) groups excluding carboxylic acids is 5. The van der Waals surface area contributed by atoms with E-state index in [2.05, 4.69) is 0 Å². The molecule has 2 bridgehead atoms. The van der Waals surface area contributed by atoms with Crippen molar-refractivity contribution >= 4 is 35.2 Å². The van der Waals surface area contributed by atoms with Gasteiger partial charge in [-0.2, -0.15) is 0 Å². The fraction of sp³-hybridized carbons (Fsp3) is 0.125. The van der Waals surface area contributed by atoms with Crippen LogP contribution >= 0.6 is 0 Å². The molecule has 5 aromatic rings. The Balaban J connectivity index is 0.967. The third-order valence-corrected chi connectivity index (χ3v) is 9.52. The number of carbonyl (C=O) groups is 5. The number of rotatable bonds is 7. The molecule has 4 aliphatic rings. The minimum atomic E-state index is -0.769. The summed E-state index contributed by atoms with van der Waals surface area (Å²) in [4.78, 5) is 67.5. The van der Waals surface area contributed by atoms with E-state index in [0.29, 0.717) is 5.56 Å². The predicted molar refractivity (Wildman–Crippen MR) is 175 cm³/mol. The molecule has 2 atom stereocenters. The minimum absolute atomic E-state index is 0.105. The van der Waals surface area contributed by atoms with Crippen LogP contribution in [0.2, 0.25) is 0 Å². The second kappa shape index (κ2) is 11.6. The smallest absolute Gasteiger partial charge is 0.343 e. The third-order valence-electron chi connectivity index (χ3n) is 9.52. The van der Waals surface area contributed by atoms with Crippen LogP contribution in [0.3, 0.4) is 0 Å². The van der Waals surface area contributed by atoms with Gasteiger partial charge in [0.05, 0.1) is 28.7 Å². The molecule has 0 N–H and O–H groups in total. The largest absolute Gasteiger partial charge is 0.454 e. The first-order chi connectivity index (χ1) is 23.4. The minimum Gasteiger partial charge on any atom is -0.454 e. The standard InChI is InChI=1S/C40H27NO7/c42-32(23-17-19-27(20-18-23)48-40(46)24-9-2-1-3-10-24)22-47-39(45)25-11-8-12-26(21-25)41-37(43)35-33-28-13-4-5-14-29(28)34(36(35)38(41)44)31-16-7-6-15-30(31)33/h1-21,33-36H,22H2/t33?,34?,35-,36-/m0/s1. The van der Waals surface area contributed by atoms with Crippen LogP contribution in [0.15, 0.2) is 127 Å². The van der Waals surface area contributed by atoms with E-state index in [-0.39, 0.29) is 46.2 Å². The molecule has 48 heavy (non-hydrogen) atoms. The Morgan fingerprint density at radius 3 is 1.62 bits per heavy atom. The van der Waals surface area contributed by atoms with Gasteiger partial charge in [0.25, 0.3) is 0 Å². The van der Waals surface area contributed by atoms with Gasteiger partial charge in [-0.1, -0.05) is 72.8 Å². The Hall–Kier alpha value is -6.15. The van der Waals surface area contributed by atoms with E-state index < -0.39 is 36.2 Å². The second-order valence-corrected chi connectivity index (χ2v) is 12.1. The summed E-state index contributed by atoms with van der Waals surface area (Å²) in [5.74, 6) is -3.63. The van der Waals surface area contributed by atoms with Crippen LogP contribution in [0.5, 0.6) is 5.75 Å². The summed E-state index contributed by atoms with van der Waals surface area (Å²) >= 11 is 0. The van der Waals surface area contributed by atoms with E-state index in [0.717, 1.165) is 22.3 Å². The van der Waals surface area contributed by atoms with E-state index >= 15 is 0 Å². The van der Waals surface area contributed by atoms with Crippen molar-refractivity contribution < 1.29 is 33.4 Å². The molecule has 0 radical (unpaired) electrons. The molecule has 3 aliphatic carbocycles. The molecule has 1 heterocycles. The fourth-order valence-corrected chi connectivity index (χ4v) is 7.45. The molecule has 1 fully saturated rings. The van der Waals surface area contributed by atoms with Crippen molar-refractivity contribution in [3.8, 4) is 5.75 Å². The maximum Gasteiger partial charge on any atom is 0.343 e. The summed E-state index contributed by atoms with van der Waals surface area (Å²) < 4.78 is 10.7. The SMILES string of the molecule is O=C(COC(=O)c1cccc(N2C(=O)[C@H]3C4c5ccccc5C(c5ccccc54)[C@@H]3C2=O)c1)c1ccc(OC(=O)c2ccccc2)cc1. The van der Waals surface area contributed by atoms with Gasteiger partial charge in [-0.25, -0.2) is 14.5 Å². The van der Waals surface area contributed by atoms with E-state index in [4.69, 9.17) is 9.47 Å². The molecule has 2 amide bonds. The van der Waals surface area contributed by atoms with Gasteiger partial charge < -0.3 is 9.47 Å². The zero-order valence-electron chi connectivity index (χ0n) is 25.4. The van der Waals surface area contributed by atoms with Crippen molar-refractivity contribution in [1.82, 2.24) is 0 Å². The van der Waals surface area contributed by atoms with E-state index in [9.17, 15) is 24.0 Å². The normalized spacial score (nSPS) is 20.0. The average molecular weight is 634 g/mol. The van der Waals surface area contributed by atoms with Crippen LogP contribution in [0, 0.1) is 11.8 Å². The molecule has 0 spiro atoms. The number of anilines is 1. The molecule has 1 saturated heterocycles. The fourth-order valence-electron chi connectivity index (χ4n) is 7.45. The van der Waals surface area contributed by atoms with Gasteiger partial charge in [-0.15, -0.1) is 0 Å². The number of hydrogen-bond donors (Lipinski definition) is 0. The lowest BCUT2D eigenvalue weighted by Gasteiger charge is -2.45. The van der Waals surface area contributed by atoms with Crippen LogP contribution in [0.4, 0.5) is 5.69 Å². The Morgan fingerprint density at radius 1 is 0.542 bits per heavy atom. The highest BCUT2D eigenvalue weighted by Gasteiger charge is 2.61. The van der Waals surface area contributed by atoms with E-state index in [1.54, 1.807) is 42.5 Å². The number of nitrogens with zero attached hydrogens (tertiary/aromatic N) is 1. The molecule has 9 rings (SSSR count). The zero-order valence-corrected chi connectivity index (χ0v) is 25.4. The van der Waals surface area contributed by atoms with Crippen molar-refractivity contribution in [1.29, 1.82) is 0 Å². The van der Waals surface area contributed by atoms with E-state index in [1.807, 2.05) is 48.5 Å². The molecule has 234 valence electrons. The van der Waals surface area contributed by atoms with Gasteiger partial charge in [-0.3, -0.25) is 14.4 Å². The van der Waals surface area contributed by atoms with Gasteiger partial charge in [0.1, 0.15) is 5.75 Å². The van der Waals surface area contributed by atoms with Crippen molar-refractivity contribution in [3.05, 3.63) is 166 Å². The van der Waals surface area contributed by atoms with Gasteiger partial charge in [-0.05, 0) is 76.9 Å². The molecular formula is C40H27NO7. The summed E-state index contributed by atoms with van der Waals surface area (Å²) in [5, 5.41) is 0. The van der Waals surface area contributed by atoms with E-state index in [1.165, 1.54) is 41.3 Å². The maximum atomic E-state index is 14.1. The monoisotopic (exact) mass is 633 g/mol. The number of ether oxygens (including phenoxy) is 2. The molecule has 1 aliphatic heterocycles. The van der Waals surface area contributed by atoms with Crippen LogP contribution in [-0.4, -0.2) is 36.1 Å². The van der Waals surface area contributed by atoms with Crippen molar-refractivity contribution in [3.63, 3.8) is 0 Å². The number of benzene rings is 5. The summed E-state index contributed by atoms with van der Waals surface area (Å²) in [6.45, 7) is -0.530. The Labute approximate surface area is 275 Å². The average Bonchev–Trinajstić information content (AvgIpc) is 3.40. The van der Waals surface area contributed by atoms with Gasteiger partial charge in [0, 0.05) is 17.4 Å². The van der Waals surface area contributed by atoms with Crippen molar-refractivity contribution in [2.45, 2.75) is 11.8 Å². The van der Waals surface area contributed by atoms with Gasteiger partial charge >= 0.3 is 11.9 Å². The first-order valence-corrected chi connectivity index (χ1v) is 15.6. The van der Waals surface area contributed by atoms with Gasteiger partial charge in [0.15, 0.2) is 12.4 Å². The van der Waals surface area contributed by atoms with Crippen LogP contribution in [0.1, 0.15) is 65.2 Å². The van der Waals surface area contributed by atoms with Crippen molar-refractivity contribution in [2.75, 3.05) is 11.5 Å². The summed E-state index contributed by atoms with van der Waals surface area (Å²) in [5.41, 5.74) is 5.37. The lowest BCUT2D eigenvalue weighted by Crippen LogP contribution is -2.41. The molecule has 8 heteroatoms. The number of ketones is 1. The quantitative estimate of drug-likeness (QED) is 0.0891. The van der Waals surface area contributed by atoms with Gasteiger partial charge in [0.2, 0.25) is 11.8 Å². The Kier molecular flexibility index (Phi) is 7.06. The second-order valence-electron chi connectivity index (χ2n) is 12.1. The molecule has 0 unspecified atom stereocenters. The number of imide groups is 1. The molecule has 8 nitrogen and oxygen atoms in total. The summed E-state index contributed by atoms with van der Waals surface area (Å²) in [7, 11) is 0. The molecule has 0 saturated carbocycles. The number of amides is 2. The molecule has 0 aromatic heterocycles. The highest BCUT2D eigenvalue weighted by molar-refractivity contribution is 6.23. The highest BCUT2D eigenvalue weighted by Crippen LogP contribution is 2.61. The van der Waals surface area contributed by atoms with Crippen molar-refractivity contribution in [2.24, 2.45) is 11.8 Å². The zero-order chi connectivity index (χ0) is 32.9. The molecular weight excluding hydrogens is 606 g/mol. The third kappa shape index (κ3) is 4.72. The molecule has 5 aromatic carbocycles. The lowest BCUT2D eigenvalue weighted by molar-refractivity contribution is -0.122. The van der Waals surface area contributed by atoms with Crippen LogP contribution < -0.4 is 9.64 Å². The summed E-state index contributed by atoms with van der Waals surface area (Å²) in [6, 6.07) is 36.7. The van der Waals surface area contributed by atoms with Crippen LogP contribution in [0.25, 0.3) is 0 Å². The number of esters is 2.